The zero-order valence-corrected chi connectivity index (χ0v) is 9.82. The van der Waals surface area contributed by atoms with Crippen molar-refractivity contribution in [3.63, 3.8) is 0 Å². The van der Waals surface area contributed by atoms with Gasteiger partial charge in [-0.1, -0.05) is 13.3 Å². The maximum absolute atomic E-state index is 13.5. The summed E-state index contributed by atoms with van der Waals surface area (Å²) in [6.07, 6.45) is 6.59. The Bertz CT molecular complexity index is 340. The van der Waals surface area contributed by atoms with E-state index in [9.17, 15) is 4.39 Å². The zero-order chi connectivity index (χ0) is 11.4. The molecule has 0 spiro atoms. The fourth-order valence-corrected chi connectivity index (χ4v) is 2.46. The molecule has 1 atom stereocenters. The molecule has 1 fully saturated rings. The Morgan fingerprint density at radius 1 is 1.50 bits per heavy atom. The number of piperidine rings is 1. The largest absolute Gasteiger partial charge is 0.294 e. The molecule has 0 N–H and O–H groups in total. The Hall–Kier alpha value is -0.960. The van der Waals surface area contributed by atoms with Crippen molar-refractivity contribution in [3.8, 4) is 0 Å². The van der Waals surface area contributed by atoms with Crippen molar-refractivity contribution in [2.24, 2.45) is 0 Å². The molecule has 16 heavy (non-hydrogen) atoms. The smallest absolute Gasteiger partial charge is 0.146 e. The molecule has 1 saturated heterocycles. The number of halogens is 1. The van der Waals surface area contributed by atoms with Gasteiger partial charge in [-0.15, -0.1) is 0 Å². The maximum Gasteiger partial charge on any atom is 0.146 e. The van der Waals surface area contributed by atoms with E-state index < -0.39 is 0 Å². The van der Waals surface area contributed by atoms with E-state index in [1.54, 1.807) is 12.3 Å². The number of hydrogen-bond acceptors (Lipinski definition) is 2. The average molecular weight is 222 g/mol. The van der Waals surface area contributed by atoms with E-state index in [0.29, 0.717) is 18.3 Å². The lowest BCUT2D eigenvalue weighted by molar-refractivity contribution is 0.133. The van der Waals surface area contributed by atoms with Gasteiger partial charge in [0.1, 0.15) is 5.82 Å². The Kier molecular flexibility index (Phi) is 3.88. The molecule has 0 saturated carbocycles. The minimum atomic E-state index is -0.178. The van der Waals surface area contributed by atoms with Gasteiger partial charge < -0.3 is 0 Å². The van der Waals surface area contributed by atoms with E-state index in [1.807, 2.05) is 0 Å². The van der Waals surface area contributed by atoms with E-state index in [2.05, 4.69) is 16.8 Å². The molecule has 0 amide bonds. The Morgan fingerprint density at radius 3 is 3.12 bits per heavy atom. The zero-order valence-electron chi connectivity index (χ0n) is 9.82. The van der Waals surface area contributed by atoms with Crippen molar-refractivity contribution in [2.75, 3.05) is 6.54 Å². The molecule has 1 unspecified atom stereocenters. The normalized spacial score (nSPS) is 22.2. The molecule has 88 valence electrons. The van der Waals surface area contributed by atoms with E-state index in [1.165, 1.54) is 25.3 Å². The summed E-state index contributed by atoms with van der Waals surface area (Å²) in [5, 5.41) is 0. The predicted molar refractivity (Wildman–Crippen MR) is 62.5 cm³/mol. The fourth-order valence-electron chi connectivity index (χ4n) is 2.46. The van der Waals surface area contributed by atoms with Gasteiger partial charge >= 0.3 is 0 Å². The van der Waals surface area contributed by atoms with Crippen LogP contribution in [0.5, 0.6) is 0 Å². The molecule has 0 aromatic carbocycles. The molecule has 1 aliphatic rings. The van der Waals surface area contributed by atoms with Crippen molar-refractivity contribution >= 4 is 0 Å². The average Bonchev–Trinajstić information content (AvgIpc) is 2.33. The lowest BCUT2D eigenvalue weighted by Gasteiger charge is -2.34. The summed E-state index contributed by atoms with van der Waals surface area (Å²) in [4.78, 5) is 6.49. The van der Waals surface area contributed by atoms with Crippen molar-refractivity contribution < 1.29 is 4.39 Å². The van der Waals surface area contributed by atoms with Crippen LogP contribution in [0.1, 0.15) is 38.3 Å². The van der Waals surface area contributed by atoms with Crippen molar-refractivity contribution in [2.45, 2.75) is 45.2 Å². The van der Waals surface area contributed by atoms with Crippen LogP contribution < -0.4 is 0 Å². The van der Waals surface area contributed by atoms with Gasteiger partial charge in [0.2, 0.25) is 0 Å². The minimum Gasteiger partial charge on any atom is -0.294 e. The van der Waals surface area contributed by atoms with Crippen LogP contribution in [0.3, 0.4) is 0 Å². The van der Waals surface area contributed by atoms with E-state index in [4.69, 9.17) is 0 Å². The minimum absolute atomic E-state index is 0.178. The van der Waals surface area contributed by atoms with Gasteiger partial charge in [0.25, 0.3) is 0 Å². The summed E-state index contributed by atoms with van der Waals surface area (Å²) < 4.78 is 13.5. The molecular weight excluding hydrogens is 203 g/mol. The summed E-state index contributed by atoms with van der Waals surface area (Å²) in [6.45, 7) is 3.94. The molecule has 2 rings (SSSR count). The van der Waals surface area contributed by atoms with Gasteiger partial charge in [0.15, 0.2) is 0 Å². The summed E-state index contributed by atoms with van der Waals surface area (Å²) in [5.74, 6) is -0.178. The molecule has 2 heterocycles. The molecular formula is C13H19FN2. The molecule has 0 bridgehead atoms. The molecule has 0 aliphatic carbocycles. The SMILES string of the molecule is CCC1CCCCN1Cc1ncccc1F. The van der Waals surface area contributed by atoms with Crippen LogP contribution >= 0.6 is 0 Å². The summed E-state index contributed by atoms with van der Waals surface area (Å²) in [5.41, 5.74) is 0.586. The first-order valence-electron chi connectivity index (χ1n) is 6.14. The summed E-state index contributed by atoms with van der Waals surface area (Å²) >= 11 is 0. The molecule has 0 radical (unpaired) electrons. The van der Waals surface area contributed by atoms with Crippen LogP contribution in [0.15, 0.2) is 18.3 Å². The predicted octanol–water partition coefficient (Wildman–Crippen LogP) is 2.99. The molecule has 3 heteroatoms. The summed E-state index contributed by atoms with van der Waals surface area (Å²) in [6, 6.07) is 3.75. The highest BCUT2D eigenvalue weighted by Crippen LogP contribution is 2.21. The van der Waals surface area contributed by atoms with E-state index >= 15 is 0 Å². The molecule has 1 aromatic heterocycles. The number of rotatable bonds is 3. The monoisotopic (exact) mass is 222 g/mol. The van der Waals surface area contributed by atoms with Crippen molar-refractivity contribution in [3.05, 3.63) is 29.8 Å². The standard InChI is InChI=1S/C13H19FN2/c1-2-11-6-3-4-9-16(11)10-13-12(14)7-5-8-15-13/h5,7-8,11H,2-4,6,9-10H2,1H3. The molecule has 1 aromatic rings. The number of nitrogens with zero attached hydrogens (tertiary/aromatic N) is 2. The number of pyridine rings is 1. The second-order valence-electron chi connectivity index (χ2n) is 4.46. The second kappa shape index (κ2) is 5.39. The number of hydrogen-bond donors (Lipinski definition) is 0. The quantitative estimate of drug-likeness (QED) is 0.781. The van der Waals surface area contributed by atoms with E-state index in [0.717, 1.165) is 13.0 Å². The van der Waals surface area contributed by atoms with Crippen LogP contribution in [-0.4, -0.2) is 22.5 Å². The number of likely N-dealkylation sites (tertiary alicyclic amines) is 1. The first-order valence-corrected chi connectivity index (χ1v) is 6.14. The van der Waals surface area contributed by atoms with Gasteiger partial charge in [-0.2, -0.15) is 0 Å². The number of aromatic nitrogens is 1. The molecule has 2 nitrogen and oxygen atoms in total. The Balaban J connectivity index is 2.05. The van der Waals surface area contributed by atoms with Gasteiger partial charge in [-0.3, -0.25) is 9.88 Å². The third kappa shape index (κ3) is 2.59. The van der Waals surface area contributed by atoms with Gasteiger partial charge in [0.05, 0.1) is 5.69 Å². The molecule has 1 aliphatic heterocycles. The highest BCUT2D eigenvalue weighted by molar-refractivity contribution is 5.07. The third-order valence-electron chi connectivity index (χ3n) is 3.41. The maximum atomic E-state index is 13.5. The fraction of sp³-hybridized carbons (Fsp3) is 0.615. The van der Waals surface area contributed by atoms with Gasteiger partial charge in [-0.25, -0.2) is 4.39 Å². The van der Waals surface area contributed by atoms with Crippen LogP contribution in [0.25, 0.3) is 0 Å². The highest BCUT2D eigenvalue weighted by atomic mass is 19.1. The lowest BCUT2D eigenvalue weighted by Crippen LogP contribution is -2.38. The second-order valence-corrected chi connectivity index (χ2v) is 4.46. The van der Waals surface area contributed by atoms with E-state index in [-0.39, 0.29) is 5.82 Å². The van der Waals surface area contributed by atoms with Crippen LogP contribution in [0, 0.1) is 5.82 Å². The first kappa shape index (κ1) is 11.5. The Morgan fingerprint density at radius 2 is 2.38 bits per heavy atom. The van der Waals surface area contributed by atoms with Gasteiger partial charge in [0, 0.05) is 18.8 Å². The third-order valence-corrected chi connectivity index (χ3v) is 3.41. The van der Waals surface area contributed by atoms with Crippen LogP contribution in [0.2, 0.25) is 0 Å². The lowest BCUT2D eigenvalue weighted by atomic mass is 10.00. The van der Waals surface area contributed by atoms with Crippen LogP contribution in [0.4, 0.5) is 4.39 Å². The first-order chi connectivity index (χ1) is 7.81. The highest BCUT2D eigenvalue weighted by Gasteiger charge is 2.21. The van der Waals surface area contributed by atoms with Crippen LogP contribution in [-0.2, 0) is 6.54 Å². The summed E-state index contributed by atoms with van der Waals surface area (Å²) in [7, 11) is 0. The van der Waals surface area contributed by atoms with Crippen molar-refractivity contribution in [1.82, 2.24) is 9.88 Å². The Labute approximate surface area is 96.5 Å². The van der Waals surface area contributed by atoms with Crippen molar-refractivity contribution in [1.29, 1.82) is 0 Å². The van der Waals surface area contributed by atoms with Gasteiger partial charge in [-0.05, 0) is 37.9 Å². The topological polar surface area (TPSA) is 16.1 Å².